The Morgan fingerprint density at radius 1 is 1.53 bits per heavy atom. The predicted molar refractivity (Wildman–Crippen MR) is 64.7 cm³/mol. The lowest BCUT2D eigenvalue weighted by Crippen LogP contribution is -1.94. The van der Waals surface area contributed by atoms with E-state index in [1.165, 1.54) is 17.5 Å². The molecule has 4 nitrogen and oxygen atoms in total. The summed E-state index contributed by atoms with van der Waals surface area (Å²) in [7, 11) is 0. The van der Waals surface area contributed by atoms with Gasteiger partial charge in [0.2, 0.25) is 0 Å². The largest absolute Gasteiger partial charge is 0.450 e. The first-order valence-corrected chi connectivity index (χ1v) is 6.32. The lowest BCUT2D eigenvalue weighted by Gasteiger charge is -2.02. The SMILES string of the molecule is Nc1ncc(C(O)c2cc(Br)c(Br)o2)s1. The van der Waals surface area contributed by atoms with E-state index in [9.17, 15) is 5.11 Å². The molecule has 80 valence electrons. The molecule has 0 saturated heterocycles. The molecule has 15 heavy (non-hydrogen) atoms. The maximum atomic E-state index is 9.92. The van der Waals surface area contributed by atoms with Gasteiger partial charge in [-0.1, -0.05) is 11.3 Å². The van der Waals surface area contributed by atoms with Gasteiger partial charge in [-0.25, -0.2) is 4.98 Å². The standard InChI is InChI=1S/C8H6Br2N2O2S/c9-3-1-4(14-7(3)10)6(13)5-2-12-8(11)15-5/h1-2,6,13H,(H2,11,12). The van der Waals surface area contributed by atoms with E-state index in [1.807, 2.05) is 0 Å². The Morgan fingerprint density at radius 3 is 2.73 bits per heavy atom. The zero-order valence-electron chi connectivity index (χ0n) is 7.28. The Morgan fingerprint density at radius 2 is 2.27 bits per heavy atom. The fourth-order valence-electron chi connectivity index (χ4n) is 1.07. The molecule has 0 aliphatic heterocycles. The van der Waals surface area contributed by atoms with Gasteiger partial charge in [-0.15, -0.1) is 0 Å². The highest BCUT2D eigenvalue weighted by Crippen LogP contribution is 2.34. The highest BCUT2D eigenvalue weighted by atomic mass is 79.9. The number of hydrogen-bond acceptors (Lipinski definition) is 5. The van der Waals surface area contributed by atoms with Crippen molar-refractivity contribution in [2.24, 2.45) is 0 Å². The monoisotopic (exact) mass is 352 g/mol. The fraction of sp³-hybridized carbons (Fsp3) is 0.125. The Hall–Kier alpha value is -0.370. The normalized spacial score (nSPS) is 13.0. The van der Waals surface area contributed by atoms with Crippen LogP contribution in [0.25, 0.3) is 0 Å². The minimum absolute atomic E-state index is 0.425. The number of nitrogen functional groups attached to an aromatic ring is 1. The van der Waals surface area contributed by atoms with Crippen LogP contribution in [0.1, 0.15) is 16.7 Å². The molecule has 0 bridgehead atoms. The Bertz CT molecular complexity index is 463. The molecule has 0 aliphatic carbocycles. The zero-order chi connectivity index (χ0) is 11.0. The average Bonchev–Trinajstić information content (AvgIpc) is 2.74. The summed E-state index contributed by atoms with van der Waals surface area (Å²) < 4.78 is 6.61. The first-order valence-electron chi connectivity index (χ1n) is 3.92. The van der Waals surface area contributed by atoms with Crippen LogP contribution in [-0.4, -0.2) is 10.1 Å². The Balaban J connectivity index is 2.31. The maximum absolute atomic E-state index is 9.92. The third-order valence-corrected chi connectivity index (χ3v) is 4.33. The second-order valence-corrected chi connectivity index (χ2v) is 5.44. The van der Waals surface area contributed by atoms with Crippen LogP contribution in [0.15, 0.2) is 25.8 Å². The van der Waals surface area contributed by atoms with Crippen molar-refractivity contribution in [2.75, 3.05) is 5.73 Å². The van der Waals surface area contributed by atoms with Gasteiger partial charge in [0.25, 0.3) is 0 Å². The quantitative estimate of drug-likeness (QED) is 0.870. The molecule has 0 amide bonds. The molecule has 0 aromatic carbocycles. The number of hydrogen-bond donors (Lipinski definition) is 2. The number of aliphatic hydroxyl groups is 1. The van der Waals surface area contributed by atoms with Crippen LogP contribution in [0, 0.1) is 0 Å². The van der Waals surface area contributed by atoms with Gasteiger partial charge >= 0.3 is 0 Å². The summed E-state index contributed by atoms with van der Waals surface area (Å²) >= 11 is 7.71. The summed E-state index contributed by atoms with van der Waals surface area (Å²) in [5.74, 6) is 0.442. The number of rotatable bonds is 2. The molecule has 3 N–H and O–H groups in total. The van der Waals surface area contributed by atoms with Gasteiger partial charge in [0.15, 0.2) is 9.80 Å². The minimum Gasteiger partial charge on any atom is -0.450 e. The zero-order valence-corrected chi connectivity index (χ0v) is 11.3. The third kappa shape index (κ3) is 2.25. The van der Waals surface area contributed by atoms with Crippen molar-refractivity contribution >= 4 is 48.3 Å². The Labute approximate surface area is 106 Å². The summed E-state index contributed by atoms with van der Waals surface area (Å²) in [6.07, 6.45) is 0.706. The van der Waals surface area contributed by atoms with Crippen molar-refractivity contribution in [3.05, 3.63) is 32.0 Å². The second-order valence-electron chi connectivity index (χ2n) is 2.77. The van der Waals surface area contributed by atoms with Gasteiger partial charge in [0, 0.05) is 6.20 Å². The van der Waals surface area contributed by atoms with Crippen molar-refractivity contribution in [2.45, 2.75) is 6.10 Å². The summed E-state index contributed by atoms with van der Waals surface area (Å²) in [6, 6.07) is 1.70. The average molecular weight is 354 g/mol. The summed E-state index contributed by atoms with van der Waals surface area (Å²) in [5, 5.41) is 10.3. The lowest BCUT2D eigenvalue weighted by atomic mass is 10.2. The number of thiazole rings is 1. The molecular weight excluding hydrogens is 348 g/mol. The molecule has 0 aliphatic rings. The van der Waals surface area contributed by atoms with E-state index in [-0.39, 0.29) is 0 Å². The van der Waals surface area contributed by atoms with Gasteiger partial charge < -0.3 is 15.3 Å². The van der Waals surface area contributed by atoms with Crippen LogP contribution in [0.4, 0.5) is 5.13 Å². The maximum Gasteiger partial charge on any atom is 0.183 e. The van der Waals surface area contributed by atoms with E-state index < -0.39 is 6.10 Å². The van der Waals surface area contributed by atoms with Crippen LogP contribution in [0.2, 0.25) is 0 Å². The molecule has 1 unspecified atom stereocenters. The number of halogens is 2. The van der Waals surface area contributed by atoms with Crippen LogP contribution in [0.5, 0.6) is 0 Å². The molecule has 1 atom stereocenters. The van der Waals surface area contributed by atoms with Crippen LogP contribution < -0.4 is 5.73 Å². The summed E-state index contributed by atoms with van der Waals surface area (Å²) in [4.78, 5) is 4.52. The first kappa shape index (κ1) is 11.1. The van der Waals surface area contributed by atoms with Crippen LogP contribution in [-0.2, 0) is 0 Å². The van der Waals surface area contributed by atoms with E-state index in [2.05, 4.69) is 36.8 Å². The molecule has 0 spiro atoms. The van der Waals surface area contributed by atoms with Gasteiger partial charge in [0.1, 0.15) is 11.9 Å². The van der Waals surface area contributed by atoms with Crippen molar-refractivity contribution < 1.29 is 9.52 Å². The fourth-order valence-corrected chi connectivity index (χ4v) is 2.35. The second kappa shape index (κ2) is 4.25. The van der Waals surface area contributed by atoms with E-state index in [1.54, 1.807) is 6.07 Å². The van der Waals surface area contributed by atoms with Crippen molar-refractivity contribution in [1.29, 1.82) is 0 Å². The van der Waals surface area contributed by atoms with Crippen molar-refractivity contribution in [3.8, 4) is 0 Å². The molecule has 0 radical (unpaired) electrons. The Kier molecular flexibility index (Phi) is 3.15. The molecule has 2 heterocycles. The molecule has 2 aromatic rings. The summed E-state index contributed by atoms with van der Waals surface area (Å²) in [5.41, 5.74) is 5.48. The van der Waals surface area contributed by atoms with Gasteiger partial charge in [0.05, 0.1) is 9.35 Å². The third-order valence-electron chi connectivity index (χ3n) is 1.74. The molecule has 7 heteroatoms. The molecule has 2 aromatic heterocycles. The number of nitrogens with two attached hydrogens (primary N) is 1. The van der Waals surface area contributed by atoms with E-state index in [4.69, 9.17) is 10.2 Å². The first-order chi connectivity index (χ1) is 7.08. The molecule has 0 saturated carbocycles. The topological polar surface area (TPSA) is 72.3 Å². The van der Waals surface area contributed by atoms with Gasteiger partial charge in [-0.2, -0.15) is 0 Å². The van der Waals surface area contributed by atoms with Gasteiger partial charge in [-0.3, -0.25) is 0 Å². The number of nitrogens with zero attached hydrogens (tertiary/aromatic N) is 1. The number of anilines is 1. The summed E-state index contributed by atoms with van der Waals surface area (Å²) in [6.45, 7) is 0. The number of furan rings is 1. The van der Waals surface area contributed by atoms with Crippen molar-refractivity contribution in [1.82, 2.24) is 4.98 Å². The van der Waals surface area contributed by atoms with E-state index in [0.717, 1.165) is 4.47 Å². The molecule has 0 fully saturated rings. The van der Waals surface area contributed by atoms with E-state index >= 15 is 0 Å². The van der Waals surface area contributed by atoms with Crippen molar-refractivity contribution in [3.63, 3.8) is 0 Å². The molecule has 2 rings (SSSR count). The molecular formula is C8H6Br2N2O2S. The predicted octanol–water partition coefficient (Wildman–Crippen LogP) is 2.92. The smallest absolute Gasteiger partial charge is 0.183 e. The van der Waals surface area contributed by atoms with Crippen LogP contribution in [0.3, 0.4) is 0 Å². The highest BCUT2D eigenvalue weighted by molar-refractivity contribution is 9.13. The number of aliphatic hydroxyl groups excluding tert-OH is 1. The highest BCUT2D eigenvalue weighted by Gasteiger charge is 2.18. The minimum atomic E-state index is -0.831. The van der Waals surface area contributed by atoms with E-state index in [0.29, 0.717) is 20.4 Å². The number of aromatic nitrogens is 1. The lowest BCUT2D eigenvalue weighted by molar-refractivity contribution is 0.191. The van der Waals surface area contributed by atoms with Gasteiger partial charge in [-0.05, 0) is 37.9 Å². The van der Waals surface area contributed by atoms with Crippen LogP contribution >= 0.6 is 43.2 Å².